The first kappa shape index (κ1) is 31.3. The van der Waals surface area contributed by atoms with Crippen molar-refractivity contribution in [2.45, 2.75) is 83.6 Å². The number of anilines is 1. The highest BCUT2D eigenvalue weighted by atomic mass is 32.2. The number of aryl methyl sites for hydroxylation is 1. The zero-order valence-electron chi connectivity index (χ0n) is 23.7. The highest BCUT2D eigenvalue weighted by molar-refractivity contribution is 7.89. The van der Waals surface area contributed by atoms with Gasteiger partial charge in [0.1, 0.15) is 11.3 Å². The average molecular weight is 547 g/mol. The average Bonchev–Trinajstić information content (AvgIpc) is 2.87. The molecule has 210 valence electrons. The van der Waals surface area contributed by atoms with Crippen LogP contribution in [0.2, 0.25) is 0 Å². The van der Waals surface area contributed by atoms with Crippen LogP contribution < -0.4 is 9.64 Å². The van der Waals surface area contributed by atoms with Gasteiger partial charge < -0.3 is 14.7 Å². The predicted octanol–water partition coefficient (Wildman–Crippen LogP) is 5.59. The number of benzene rings is 2. The minimum atomic E-state index is -4.11. The van der Waals surface area contributed by atoms with E-state index < -0.39 is 33.4 Å². The molecule has 0 aliphatic heterocycles. The Labute approximate surface area is 227 Å². The molecule has 9 heteroatoms. The number of carboxylic acids is 1. The van der Waals surface area contributed by atoms with E-state index in [0.29, 0.717) is 18.4 Å². The monoisotopic (exact) mass is 546 g/mol. The molecule has 0 heterocycles. The lowest BCUT2D eigenvalue weighted by atomic mass is 9.96. The van der Waals surface area contributed by atoms with Crippen molar-refractivity contribution in [2.75, 3.05) is 25.0 Å². The standard InChI is InChI=1S/C29H42N2O6S/c1-8-11-19-30(7)23-14-12-22(13-15-23)25(10-3)27(32)37-26-17-16-24(20-21(26)4)38(35,36)31(18-9-2)29(5,6)28(33)34/h12-17,20,25H,8-11,18-19H2,1-7H3,(H,33,34). The van der Waals surface area contributed by atoms with Crippen LogP contribution in [0.1, 0.15) is 77.3 Å². The number of aliphatic carboxylic acids is 1. The van der Waals surface area contributed by atoms with Gasteiger partial charge >= 0.3 is 11.9 Å². The van der Waals surface area contributed by atoms with E-state index in [1.807, 2.05) is 38.2 Å². The minimum Gasteiger partial charge on any atom is -0.480 e. The summed E-state index contributed by atoms with van der Waals surface area (Å²) in [5, 5.41) is 9.63. The maximum atomic E-state index is 13.4. The van der Waals surface area contributed by atoms with Crippen LogP contribution in [0.5, 0.6) is 5.75 Å². The summed E-state index contributed by atoms with van der Waals surface area (Å²) in [7, 11) is -2.06. The summed E-state index contributed by atoms with van der Waals surface area (Å²) in [5.41, 5.74) is 0.781. The van der Waals surface area contributed by atoms with Gasteiger partial charge in [0.2, 0.25) is 10.0 Å². The number of sulfonamides is 1. The summed E-state index contributed by atoms with van der Waals surface area (Å²) in [4.78, 5) is 27.0. The molecule has 0 fully saturated rings. The maximum Gasteiger partial charge on any atom is 0.324 e. The van der Waals surface area contributed by atoms with E-state index in [9.17, 15) is 23.1 Å². The van der Waals surface area contributed by atoms with Crippen molar-refractivity contribution in [3.05, 3.63) is 53.6 Å². The van der Waals surface area contributed by atoms with E-state index in [2.05, 4.69) is 11.8 Å². The van der Waals surface area contributed by atoms with Crippen LogP contribution in [0, 0.1) is 6.92 Å². The molecule has 0 amide bonds. The third-order valence-corrected chi connectivity index (χ3v) is 8.86. The molecule has 0 saturated heterocycles. The fourth-order valence-electron chi connectivity index (χ4n) is 4.24. The molecule has 0 saturated carbocycles. The zero-order chi connectivity index (χ0) is 28.7. The summed E-state index contributed by atoms with van der Waals surface area (Å²) in [6.45, 7) is 11.3. The number of carbonyl (C=O) groups excluding carboxylic acids is 1. The second kappa shape index (κ2) is 13.2. The van der Waals surface area contributed by atoms with Crippen molar-refractivity contribution < 1.29 is 27.9 Å². The van der Waals surface area contributed by atoms with Gasteiger partial charge in [-0.25, -0.2) is 8.42 Å². The molecule has 0 bridgehead atoms. The van der Waals surface area contributed by atoms with Crippen LogP contribution in [0.3, 0.4) is 0 Å². The fraction of sp³-hybridized carbons (Fsp3) is 0.517. The van der Waals surface area contributed by atoms with Crippen LogP contribution in [-0.4, -0.2) is 55.4 Å². The number of ether oxygens (including phenoxy) is 1. The Hall–Kier alpha value is -2.91. The smallest absolute Gasteiger partial charge is 0.324 e. The Kier molecular flexibility index (Phi) is 10.9. The van der Waals surface area contributed by atoms with E-state index in [1.54, 1.807) is 13.8 Å². The van der Waals surface area contributed by atoms with Crippen LogP contribution in [0.4, 0.5) is 5.69 Å². The van der Waals surface area contributed by atoms with Gasteiger partial charge in [0, 0.05) is 25.8 Å². The van der Waals surface area contributed by atoms with Crippen molar-refractivity contribution in [3.63, 3.8) is 0 Å². The third-order valence-electron chi connectivity index (χ3n) is 6.79. The molecule has 1 unspecified atom stereocenters. The lowest BCUT2D eigenvalue weighted by Crippen LogP contribution is -2.53. The molecule has 38 heavy (non-hydrogen) atoms. The van der Waals surface area contributed by atoms with Gasteiger partial charge in [-0.2, -0.15) is 4.31 Å². The molecule has 0 aliphatic rings. The highest BCUT2D eigenvalue weighted by Crippen LogP contribution is 2.31. The number of hydrogen-bond acceptors (Lipinski definition) is 6. The van der Waals surface area contributed by atoms with Crippen molar-refractivity contribution in [1.82, 2.24) is 4.31 Å². The van der Waals surface area contributed by atoms with Crippen LogP contribution in [0.15, 0.2) is 47.4 Å². The lowest BCUT2D eigenvalue weighted by molar-refractivity contribution is -0.146. The van der Waals surface area contributed by atoms with E-state index in [0.717, 1.165) is 34.9 Å². The number of carbonyl (C=O) groups is 2. The molecule has 2 rings (SSSR count). The molecular formula is C29H42N2O6S. The van der Waals surface area contributed by atoms with E-state index in [1.165, 1.54) is 32.0 Å². The van der Waals surface area contributed by atoms with Gasteiger partial charge in [0.25, 0.3) is 0 Å². The summed E-state index contributed by atoms with van der Waals surface area (Å²) >= 11 is 0. The predicted molar refractivity (Wildman–Crippen MR) is 150 cm³/mol. The van der Waals surface area contributed by atoms with Gasteiger partial charge in [-0.15, -0.1) is 0 Å². The van der Waals surface area contributed by atoms with Crippen LogP contribution >= 0.6 is 0 Å². The lowest BCUT2D eigenvalue weighted by Gasteiger charge is -2.33. The highest BCUT2D eigenvalue weighted by Gasteiger charge is 2.42. The molecule has 2 aromatic carbocycles. The number of rotatable bonds is 14. The number of hydrogen-bond donors (Lipinski definition) is 1. The second-order valence-corrected chi connectivity index (χ2v) is 12.0. The van der Waals surface area contributed by atoms with Gasteiger partial charge in [-0.1, -0.05) is 39.3 Å². The van der Waals surface area contributed by atoms with E-state index in [-0.39, 0.29) is 17.2 Å². The maximum absolute atomic E-state index is 13.4. The Bertz CT molecular complexity index is 1210. The van der Waals surface area contributed by atoms with Crippen molar-refractivity contribution >= 4 is 27.6 Å². The van der Waals surface area contributed by atoms with Gasteiger partial charge in [-0.3, -0.25) is 9.59 Å². The zero-order valence-corrected chi connectivity index (χ0v) is 24.5. The van der Waals surface area contributed by atoms with Crippen LogP contribution in [-0.2, 0) is 19.6 Å². The van der Waals surface area contributed by atoms with E-state index in [4.69, 9.17) is 4.74 Å². The molecular weight excluding hydrogens is 504 g/mol. The molecule has 0 spiro atoms. The topological polar surface area (TPSA) is 104 Å². The molecule has 8 nitrogen and oxygen atoms in total. The first-order valence-corrected chi connectivity index (χ1v) is 14.6. The third kappa shape index (κ3) is 7.14. The Morgan fingerprint density at radius 2 is 1.63 bits per heavy atom. The molecule has 1 atom stereocenters. The van der Waals surface area contributed by atoms with Gasteiger partial charge in [0.15, 0.2) is 0 Å². The summed E-state index contributed by atoms with van der Waals surface area (Å²) < 4.78 is 33.5. The first-order valence-electron chi connectivity index (χ1n) is 13.2. The largest absolute Gasteiger partial charge is 0.480 e. The van der Waals surface area contributed by atoms with Crippen molar-refractivity contribution in [2.24, 2.45) is 0 Å². The van der Waals surface area contributed by atoms with Crippen molar-refractivity contribution in [1.29, 1.82) is 0 Å². The number of nitrogens with zero attached hydrogens (tertiary/aromatic N) is 2. The summed E-state index contributed by atoms with van der Waals surface area (Å²) in [6, 6.07) is 12.1. The Balaban J connectivity index is 2.26. The molecule has 0 aromatic heterocycles. The number of esters is 1. The Morgan fingerprint density at radius 1 is 1.00 bits per heavy atom. The van der Waals surface area contributed by atoms with E-state index >= 15 is 0 Å². The fourth-order valence-corrected chi connectivity index (χ4v) is 6.16. The SMILES string of the molecule is CCCCN(C)c1ccc(C(CC)C(=O)Oc2ccc(S(=O)(=O)N(CCC)C(C)(C)C(=O)O)cc2C)cc1. The normalized spacial score (nSPS) is 12.8. The van der Waals surface area contributed by atoms with Crippen molar-refractivity contribution in [3.8, 4) is 5.75 Å². The summed E-state index contributed by atoms with van der Waals surface area (Å²) in [5.74, 6) is -1.85. The van der Waals surface area contributed by atoms with Gasteiger partial charge in [0.05, 0.1) is 10.8 Å². The number of carboxylic acid groups (broad SMARTS) is 1. The molecule has 2 aromatic rings. The summed E-state index contributed by atoms with van der Waals surface area (Å²) in [6.07, 6.45) is 3.23. The second-order valence-electron chi connectivity index (χ2n) is 10.1. The Morgan fingerprint density at radius 3 is 2.13 bits per heavy atom. The van der Waals surface area contributed by atoms with Crippen LogP contribution in [0.25, 0.3) is 0 Å². The number of unbranched alkanes of at least 4 members (excludes halogenated alkanes) is 1. The van der Waals surface area contributed by atoms with Gasteiger partial charge in [-0.05, 0) is 81.5 Å². The molecule has 0 radical (unpaired) electrons. The molecule has 1 N–H and O–H groups in total. The quantitative estimate of drug-likeness (QED) is 0.243. The molecule has 0 aliphatic carbocycles. The first-order chi connectivity index (χ1) is 17.8. The minimum absolute atomic E-state index is 0.0487.